The highest BCUT2D eigenvalue weighted by molar-refractivity contribution is 8.01. The Morgan fingerprint density at radius 1 is 1.19 bits per heavy atom. The summed E-state index contributed by atoms with van der Waals surface area (Å²) in [4.78, 5) is 30.8. The van der Waals surface area contributed by atoms with Crippen molar-refractivity contribution in [1.82, 2.24) is 9.97 Å². The van der Waals surface area contributed by atoms with E-state index in [9.17, 15) is 18.0 Å². The zero-order chi connectivity index (χ0) is 19.9. The highest BCUT2D eigenvalue weighted by Crippen LogP contribution is 2.18. The number of sulfonamides is 1. The molecule has 27 heavy (non-hydrogen) atoms. The second-order valence-corrected chi connectivity index (χ2v) is 8.23. The van der Waals surface area contributed by atoms with Gasteiger partial charge in [-0.05, 0) is 37.3 Å². The first-order chi connectivity index (χ1) is 12.8. The molecule has 11 heteroatoms. The van der Waals surface area contributed by atoms with Crippen LogP contribution in [0.15, 0.2) is 47.6 Å². The molecule has 2 rings (SSSR count). The smallest absolute Gasteiger partial charge is 0.315 e. The van der Waals surface area contributed by atoms with E-state index in [1.54, 1.807) is 13.0 Å². The third-order valence-electron chi connectivity index (χ3n) is 3.27. The molecule has 9 nitrogen and oxygen atoms in total. The molecule has 1 atom stereocenters. The summed E-state index contributed by atoms with van der Waals surface area (Å²) in [6.45, 7) is 1.66. The van der Waals surface area contributed by atoms with Gasteiger partial charge in [0, 0.05) is 18.1 Å². The summed E-state index contributed by atoms with van der Waals surface area (Å²) < 4.78 is 31.4. The summed E-state index contributed by atoms with van der Waals surface area (Å²) in [5.41, 5.74) is 0.431. The van der Waals surface area contributed by atoms with Crippen LogP contribution in [-0.4, -0.2) is 48.4 Å². The number of nitrogens with one attached hydrogen (secondary N) is 2. The number of thioether (sulfide) groups is 1. The molecule has 0 aliphatic heterocycles. The SMILES string of the molecule is COC(=O)CSC(C)C(=O)Nc1ccc(S(=O)(=O)Nc2ncccn2)cc1. The first kappa shape index (κ1) is 20.6. The van der Waals surface area contributed by atoms with Crippen molar-refractivity contribution < 1.29 is 22.7 Å². The third kappa shape index (κ3) is 6.22. The topological polar surface area (TPSA) is 127 Å². The lowest BCUT2D eigenvalue weighted by Crippen LogP contribution is -2.24. The average molecular weight is 410 g/mol. The van der Waals surface area contributed by atoms with Crippen molar-refractivity contribution in [3.63, 3.8) is 0 Å². The van der Waals surface area contributed by atoms with Gasteiger partial charge < -0.3 is 10.1 Å². The second-order valence-electron chi connectivity index (χ2n) is 5.22. The number of esters is 1. The number of hydrogen-bond donors (Lipinski definition) is 2. The van der Waals surface area contributed by atoms with Gasteiger partial charge in [0.05, 0.1) is 23.0 Å². The molecule has 1 unspecified atom stereocenters. The van der Waals surface area contributed by atoms with Crippen LogP contribution in [0.1, 0.15) is 6.92 Å². The van der Waals surface area contributed by atoms with E-state index in [2.05, 4.69) is 24.7 Å². The van der Waals surface area contributed by atoms with Gasteiger partial charge >= 0.3 is 5.97 Å². The van der Waals surface area contributed by atoms with E-state index in [4.69, 9.17) is 0 Å². The Hall–Kier alpha value is -2.66. The Balaban J connectivity index is 1.98. The number of benzene rings is 1. The van der Waals surface area contributed by atoms with Gasteiger partial charge in [-0.3, -0.25) is 9.59 Å². The van der Waals surface area contributed by atoms with Gasteiger partial charge in [-0.1, -0.05) is 0 Å². The van der Waals surface area contributed by atoms with Crippen molar-refractivity contribution in [1.29, 1.82) is 0 Å². The van der Waals surface area contributed by atoms with Crippen molar-refractivity contribution in [2.75, 3.05) is 22.9 Å². The molecule has 0 radical (unpaired) electrons. The van der Waals surface area contributed by atoms with E-state index < -0.39 is 21.2 Å². The maximum atomic E-state index is 12.3. The lowest BCUT2D eigenvalue weighted by molar-refractivity contribution is -0.137. The molecule has 0 fully saturated rings. The number of amides is 1. The monoisotopic (exact) mass is 410 g/mol. The second kappa shape index (κ2) is 9.33. The number of methoxy groups -OCH3 is 1. The first-order valence-electron chi connectivity index (χ1n) is 7.71. The van der Waals surface area contributed by atoms with Gasteiger partial charge in [0.15, 0.2) is 0 Å². The van der Waals surface area contributed by atoms with E-state index in [1.165, 1.54) is 43.8 Å². The Kier molecular flexibility index (Phi) is 7.13. The Labute approximate surface area is 161 Å². The van der Waals surface area contributed by atoms with Crippen LogP contribution in [0.3, 0.4) is 0 Å². The zero-order valence-corrected chi connectivity index (χ0v) is 16.2. The molecule has 0 aliphatic rings. The average Bonchev–Trinajstić information content (AvgIpc) is 2.66. The van der Waals surface area contributed by atoms with E-state index in [-0.39, 0.29) is 22.5 Å². The Morgan fingerprint density at radius 3 is 2.41 bits per heavy atom. The maximum Gasteiger partial charge on any atom is 0.315 e. The van der Waals surface area contributed by atoms with E-state index >= 15 is 0 Å². The molecule has 2 N–H and O–H groups in total. The summed E-state index contributed by atoms with van der Waals surface area (Å²) in [7, 11) is -2.56. The van der Waals surface area contributed by atoms with Crippen LogP contribution in [-0.2, 0) is 24.3 Å². The minimum absolute atomic E-state index is 0.000988. The summed E-state index contributed by atoms with van der Waals surface area (Å²) >= 11 is 1.14. The summed E-state index contributed by atoms with van der Waals surface area (Å²) in [5, 5.41) is 2.18. The quantitative estimate of drug-likeness (QED) is 0.627. The number of rotatable bonds is 8. The minimum atomic E-state index is -3.84. The molecule has 1 aromatic heterocycles. The zero-order valence-electron chi connectivity index (χ0n) is 14.6. The molecule has 0 saturated carbocycles. The highest BCUT2D eigenvalue weighted by atomic mass is 32.2. The standard InChI is InChI=1S/C16H18N4O5S2/c1-11(26-10-14(21)25-2)15(22)19-12-4-6-13(7-5-12)27(23,24)20-16-17-8-3-9-18-16/h3-9,11H,10H2,1-2H3,(H,19,22)(H,17,18,20). The molecule has 0 aliphatic carbocycles. The van der Waals surface area contributed by atoms with Crippen molar-refractivity contribution in [3.8, 4) is 0 Å². The molecule has 1 aromatic carbocycles. The normalized spacial score (nSPS) is 12.1. The number of nitrogens with zero attached hydrogens (tertiary/aromatic N) is 2. The van der Waals surface area contributed by atoms with Gasteiger partial charge in [0.25, 0.3) is 10.0 Å². The van der Waals surface area contributed by atoms with Crippen molar-refractivity contribution in [3.05, 3.63) is 42.7 Å². The number of aromatic nitrogens is 2. The number of carbonyl (C=O) groups excluding carboxylic acids is 2. The van der Waals surface area contributed by atoms with E-state index in [1.807, 2.05) is 0 Å². The van der Waals surface area contributed by atoms with E-state index in [0.29, 0.717) is 5.69 Å². The van der Waals surface area contributed by atoms with Gasteiger partial charge in [-0.15, -0.1) is 11.8 Å². The molecular weight excluding hydrogens is 392 g/mol. The van der Waals surface area contributed by atoms with Gasteiger partial charge in [-0.25, -0.2) is 23.1 Å². The van der Waals surface area contributed by atoms with Gasteiger partial charge in [-0.2, -0.15) is 0 Å². The Morgan fingerprint density at radius 2 is 1.81 bits per heavy atom. The number of carbonyl (C=O) groups is 2. The number of anilines is 2. The predicted molar refractivity (Wildman–Crippen MR) is 102 cm³/mol. The van der Waals surface area contributed by atoms with Crippen LogP contribution >= 0.6 is 11.8 Å². The molecule has 0 spiro atoms. The minimum Gasteiger partial charge on any atom is -0.468 e. The van der Waals surface area contributed by atoms with Gasteiger partial charge in [0.1, 0.15) is 0 Å². The Bertz CT molecular complexity index is 889. The number of hydrogen-bond acceptors (Lipinski definition) is 8. The number of ether oxygens (including phenoxy) is 1. The lowest BCUT2D eigenvalue weighted by atomic mass is 10.3. The summed E-state index contributed by atoms with van der Waals surface area (Å²) in [5.74, 6) is -0.694. The molecule has 0 saturated heterocycles. The predicted octanol–water partition coefficient (Wildman–Crippen LogP) is 1.51. The fourth-order valence-electron chi connectivity index (χ4n) is 1.82. The molecule has 0 bridgehead atoms. The third-order valence-corrected chi connectivity index (χ3v) is 5.73. The highest BCUT2D eigenvalue weighted by Gasteiger charge is 2.18. The van der Waals surface area contributed by atoms with Crippen LogP contribution in [0.5, 0.6) is 0 Å². The van der Waals surface area contributed by atoms with Gasteiger partial charge in [0.2, 0.25) is 11.9 Å². The maximum absolute atomic E-state index is 12.3. The molecule has 2 aromatic rings. The summed E-state index contributed by atoms with van der Waals surface area (Å²) in [6, 6.07) is 7.21. The first-order valence-corrected chi connectivity index (χ1v) is 10.2. The molecule has 144 valence electrons. The van der Waals surface area contributed by atoms with Crippen LogP contribution in [0.4, 0.5) is 11.6 Å². The largest absolute Gasteiger partial charge is 0.468 e. The van der Waals surface area contributed by atoms with Crippen LogP contribution in [0, 0.1) is 0 Å². The molecule has 1 amide bonds. The fraction of sp³-hybridized carbons (Fsp3) is 0.250. The van der Waals surface area contributed by atoms with Crippen LogP contribution in [0.25, 0.3) is 0 Å². The van der Waals surface area contributed by atoms with Crippen LogP contribution in [0.2, 0.25) is 0 Å². The summed E-state index contributed by atoms with van der Waals surface area (Å²) in [6.07, 6.45) is 2.84. The molecular formula is C16H18N4O5S2. The lowest BCUT2D eigenvalue weighted by Gasteiger charge is -2.12. The van der Waals surface area contributed by atoms with Crippen molar-refractivity contribution in [2.24, 2.45) is 0 Å². The molecule has 1 heterocycles. The van der Waals surface area contributed by atoms with Crippen LogP contribution < -0.4 is 10.0 Å². The van der Waals surface area contributed by atoms with Crippen molar-refractivity contribution in [2.45, 2.75) is 17.1 Å². The fourth-order valence-corrected chi connectivity index (χ4v) is 3.49. The van der Waals surface area contributed by atoms with Crippen molar-refractivity contribution >= 4 is 45.3 Å². The van der Waals surface area contributed by atoms with E-state index in [0.717, 1.165) is 11.8 Å².